The van der Waals surface area contributed by atoms with E-state index in [0.29, 0.717) is 35.2 Å². The Labute approximate surface area is 193 Å². The topological polar surface area (TPSA) is 62.6 Å². The van der Waals surface area contributed by atoms with Gasteiger partial charge in [0.1, 0.15) is 0 Å². The van der Waals surface area contributed by atoms with Gasteiger partial charge in [-0.15, -0.1) is 0 Å². The number of ether oxygens (including phenoxy) is 1. The van der Waals surface area contributed by atoms with E-state index in [-0.39, 0.29) is 12.7 Å². The third-order valence-corrected chi connectivity index (χ3v) is 10.3. The van der Waals surface area contributed by atoms with Crippen molar-refractivity contribution in [1.29, 1.82) is 0 Å². The van der Waals surface area contributed by atoms with Crippen molar-refractivity contribution in [2.45, 2.75) is 84.8 Å². The van der Waals surface area contributed by atoms with Gasteiger partial charge in [0.25, 0.3) is 0 Å². The van der Waals surface area contributed by atoms with Crippen LogP contribution in [0.3, 0.4) is 0 Å². The van der Waals surface area contributed by atoms with E-state index in [1.165, 1.54) is 32.1 Å². The number of hydrogen-bond acceptors (Lipinski definition) is 4. The minimum Gasteiger partial charge on any atom is -0.477 e. The van der Waals surface area contributed by atoms with Gasteiger partial charge in [0, 0.05) is 11.8 Å². The molecule has 0 spiro atoms. The molecule has 176 valence electrons. The van der Waals surface area contributed by atoms with Crippen molar-refractivity contribution in [2.24, 2.45) is 40.4 Å². The number of rotatable bonds is 5. The largest absolute Gasteiger partial charge is 0.477 e. The van der Waals surface area contributed by atoms with E-state index in [4.69, 9.17) is 4.74 Å². The van der Waals surface area contributed by atoms with E-state index in [9.17, 15) is 10.2 Å². The van der Waals surface area contributed by atoms with Crippen LogP contribution >= 0.6 is 0 Å². The maximum atomic E-state index is 10.2. The zero-order valence-corrected chi connectivity index (χ0v) is 20.1. The molecule has 0 bridgehead atoms. The van der Waals surface area contributed by atoms with Crippen LogP contribution in [-0.4, -0.2) is 27.9 Å². The molecule has 0 aliphatic heterocycles. The van der Waals surface area contributed by atoms with E-state index in [2.05, 4.69) is 31.8 Å². The molecule has 3 saturated carbocycles. The monoisotopic (exact) mass is 439 g/mol. The lowest BCUT2D eigenvalue weighted by Gasteiger charge is -2.58. The Hall–Kier alpha value is -1.39. The van der Waals surface area contributed by atoms with Crippen molar-refractivity contribution in [3.63, 3.8) is 0 Å². The molecule has 1 aromatic heterocycles. The van der Waals surface area contributed by atoms with Gasteiger partial charge in [0.2, 0.25) is 5.88 Å². The molecule has 4 nitrogen and oxygen atoms in total. The molecule has 0 aromatic carbocycles. The number of hydrogen-bond donors (Lipinski definition) is 2. The minimum absolute atomic E-state index is 0.0326. The summed E-state index contributed by atoms with van der Waals surface area (Å²) in [5, 5.41) is 19.8. The van der Waals surface area contributed by atoms with E-state index < -0.39 is 0 Å². The summed E-state index contributed by atoms with van der Waals surface area (Å²) in [5.74, 6) is 4.14. The fourth-order valence-electron chi connectivity index (χ4n) is 8.62. The molecule has 1 heterocycles. The van der Waals surface area contributed by atoms with Crippen molar-refractivity contribution in [3.05, 3.63) is 35.5 Å². The first-order valence-corrected chi connectivity index (χ1v) is 12.9. The van der Waals surface area contributed by atoms with Crippen LogP contribution in [0.4, 0.5) is 0 Å². The molecule has 5 rings (SSSR count). The lowest BCUT2D eigenvalue weighted by atomic mass is 9.47. The second-order valence-corrected chi connectivity index (χ2v) is 11.8. The molecule has 0 unspecified atom stereocenters. The average Bonchev–Trinajstić information content (AvgIpc) is 3.15. The van der Waals surface area contributed by atoms with Gasteiger partial charge in [0.15, 0.2) is 0 Å². The van der Waals surface area contributed by atoms with Crippen LogP contribution in [-0.2, 0) is 6.61 Å². The normalized spacial score (nSPS) is 41.8. The molecule has 2 N–H and O–H groups in total. The van der Waals surface area contributed by atoms with E-state index >= 15 is 0 Å². The Morgan fingerprint density at radius 1 is 1.16 bits per heavy atom. The van der Waals surface area contributed by atoms with Crippen LogP contribution in [0.25, 0.3) is 0 Å². The molecule has 1 aromatic rings. The van der Waals surface area contributed by atoms with Crippen LogP contribution in [0.2, 0.25) is 0 Å². The van der Waals surface area contributed by atoms with Crippen molar-refractivity contribution < 1.29 is 14.9 Å². The predicted octanol–water partition coefficient (Wildman–Crippen LogP) is 5.53. The number of fused-ring (bicyclic) bond motifs is 5. The van der Waals surface area contributed by atoms with E-state index in [0.717, 1.165) is 42.6 Å². The number of aromatic nitrogens is 1. The molecule has 4 aliphatic rings. The van der Waals surface area contributed by atoms with Crippen molar-refractivity contribution >= 4 is 0 Å². The summed E-state index contributed by atoms with van der Waals surface area (Å²) in [6, 6.07) is 3.73. The summed E-state index contributed by atoms with van der Waals surface area (Å²) < 4.78 is 6.13. The molecule has 0 radical (unpaired) electrons. The van der Waals surface area contributed by atoms with Gasteiger partial charge in [-0.2, -0.15) is 0 Å². The molecular weight excluding hydrogens is 398 g/mol. The lowest BCUT2D eigenvalue weighted by molar-refractivity contribution is -0.0592. The van der Waals surface area contributed by atoms with Gasteiger partial charge in [0.05, 0.1) is 19.3 Å². The Balaban J connectivity index is 1.30. The first kappa shape index (κ1) is 22.4. The lowest BCUT2D eigenvalue weighted by Crippen LogP contribution is -2.51. The van der Waals surface area contributed by atoms with Gasteiger partial charge in [-0.25, -0.2) is 4.98 Å². The molecule has 0 amide bonds. The van der Waals surface area contributed by atoms with Crippen molar-refractivity contribution in [2.75, 3.05) is 6.61 Å². The fourth-order valence-corrected chi connectivity index (χ4v) is 8.62. The van der Waals surface area contributed by atoms with Crippen molar-refractivity contribution in [1.82, 2.24) is 4.98 Å². The summed E-state index contributed by atoms with van der Waals surface area (Å²) >= 11 is 0. The third kappa shape index (κ3) is 3.53. The van der Waals surface area contributed by atoms with Gasteiger partial charge in [-0.3, -0.25) is 0 Å². The molecule has 0 saturated heterocycles. The van der Waals surface area contributed by atoms with Gasteiger partial charge in [-0.05, 0) is 104 Å². The number of allylic oxidation sites excluding steroid dienone is 1. The fraction of sp³-hybridized carbons (Fsp3) is 0.750. The molecular formula is C28H41NO3. The summed E-state index contributed by atoms with van der Waals surface area (Å²) in [5.41, 5.74) is 3.04. The predicted molar refractivity (Wildman–Crippen MR) is 126 cm³/mol. The third-order valence-electron chi connectivity index (χ3n) is 10.3. The Bertz CT molecular complexity index is 868. The van der Waals surface area contributed by atoms with Crippen LogP contribution in [0.15, 0.2) is 30.0 Å². The zero-order valence-electron chi connectivity index (χ0n) is 20.1. The number of aliphatic hydroxyl groups excluding tert-OH is 2. The SMILES string of the molecule is C[C@H](COc1ncccc1CO)[C@H]1CC[C@H]2[C@@H]3CC=C4C[C@@H](O)CC[C@]4(C)[C@H]3CC[C@]12C. The van der Waals surface area contributed by atoms with E-state index in [1.54, 1.807) is 11.8 Å². The summed E-state index contributed by atoms with van der Waals surface area (Å²) in [4.78, 5) is 4.35. The summed E-state index contributed by atoms with van der Waals surface area (Å²) in [7, 11) is 0. The van der Waals surface area contributed by atoms with Crippen LogP contribution in [0.5, 0.6) is 5.88 Å². The Morgan fingerprint density at radius 3 is 2.81 bits per heavy atom. The Morgan fingerprint density at radius 2 is 2.00 bits per heavy atom. The first-order chi connectivity index (χ1) is 15.4. The van der Waals surface area contributed by atoms with Crippen LogP contribution in [0.1, 0.15) is 77.7 Å². The molecule has 3 fully saturated rings. The molecule has 4 aliphatic carbocycles. The second kappa shape index (κ2) is 8.43. The number of pyridine rings is 1. The standard InChI is InChI=1S/C28H41NO3/c1-18(17-32-26-19(16-30)5-4-14-29-26)23-8-9-24-22-7-6-20-15-21(31)10-12-27(20,2)25(22)11-13-28(23,24)3/h4-6,14,18,21-25,30-31H,7-13,15-17H2,1-3H3/t18-,21+,22+,23-,24+,25+,27+,28-/m1/s1. The summed E-state index contributed by atoms with van der Waals surface area (Å²) in [6.07, 6.45) is 13.7. The Kier molecular flexibility index (Phi) is 5.90. The minimum atomic E-state index is -0.123. The quantitative estimate of drug-likeness (QED) is 0.592. The second-order valence-electron chi connectivity index (χ2n) is 11.8. The highest BCUT2D eigenvalue weighted by molar-refractivity contribution is 5.26. The highest BCUT2D eigenvalue weighted by Crippen LogP contribution is 2.67. The molecule has 8 atom stereocenters. The maximum Gasteiger partial charge on any atom is 0.218 e. The van der Waals surface area contributed by atoms with Crippen molar-refractivity contribution in [3.8, 4) is 5.88 Å². The van der Waals surface area contributed by atoms with Gasteiger partial charge < -0.3 is 14.9 Å². The molecule has 4 heteroatoms. The number of nitrogens with zero attached hydrogens (tertiary/aromatic N) is 1. The van der Waals surface area contributed by atoms with E-state index in [1.807, 2.05) is 12.1 Å². The summed E-state index contributed by atoms with van der Waals surface area (Å²) in [6.45, 7) is 8.08. The first-order valence-electron chi connectivity index (χ1n) is 12.9. The smallest absolute Gasteiger partial charge is 0.218 e. The van der Waals surface area contributed by atoms with Gasteiger partial charge in [-0.1, -0.05) is 32.4 Å². The molecule has 32 heavy (non-hydrogen) atoms. The van der Waals surface area contributed by atoms with Gasteiger partial charge >= 0.3 is 0 Å². The average molecular weight is 440 g/mol. The van der Waals surface area contributed by atoms with Crippen LogP contribution in [0, 0.1) is 40.4 Å². The maximum absolute atomic E-state index is 10.2. The number of aliphatic hydroxyl groups is 2. The highest BCUT2D eigenvalue weighted by atomic mass is 16.5. The highest BCUT2D eigenvalue weighted by Gasteiger charge is 2.59. The zero-order chi connectivity index (χ0) is 22.5. The van der Waals surface area contributed by atoms with Crippen LogP contribution < -0.4 is 4.74 Å².